The molecule has 0 radical (unpaired) electrons. The lowest BCUT2D eigenvalue weighted by Crippen LogP contribution is -2.17. The molecule has 0 fully saturated rings. The Hall–Kier alpha value is -3.57. The van der Waals surface area contributed by atoms with Gasteiger partial charge in [0.15, 0.2) is 11.5 Å². The normalized spacial score (nSPS) is 11.1. The van der Waals surface area contributed by atoms with Gasteiger partial charge in [-0.3, -0.25) is 9.52 Å². The predicted octanol–water partition coefficient (Wildman–Crippen LogP) is 1.62. The average Bonchev–Trinajstić information content (AvgIpc) is 2.76. The van der Waals surface area contributed by atoms with Crippen LogP contribution >= 0.6 is 0 Å². The van der Waals surface area contributed by atoms with Crippen molar-refractivity contribution in [2.45, 2.75) is 4.90 Å². The Balaban J connectivity index is 2.47. The summed E-state index contributed by atoms with van der Waals surface area (Å²) in [6.45, 7) is -0.709. The van der Waals surface area contributed by atoms with Crippen LogP contribution < -0.4 is 19.5 Å². The summed E-state index contributed by atoms with van der Waals surface area (Å²) in [7, 11) is -0.305. The molecule has 0 aromatic heterocycles. The lowest BCUT2D eigenvalue weighted by atomic mass is 10.2. The third-order valence-electron chi connectivity index (χ3n) is 3.91. The fraction of sp³-hybridized carbons (Fsp3) is 0.200. The van der Waals surface area contributed by atoms with Crippen LogP contribution in [0.3, 0.4) is 0 Å². The summed E-state index contributed by atoms with van der Waals surface area (Å²) in [6, 6.07) is 8.74. The van der Waals surface area contributed by atoms with Gasteiger partial charge >= 0.3 is 5.97 Å². The highest BCUT2D eigenvalue weighted by molar-refractivity contribution is 7.92. The smallest absolute Gasteiger partial charge is 0.330 e. The Labute approximate surface area is 179 Å². The van der Waals surface area contributed by atoms with Gasteiger partial charge in [-0.2, -0.15) is 0 Å². The molecule has 0 saturated heterocycles. The van der Waals surface area contributed by atoms with E-state index < -0.39 is 28.5 Å². The van der Waals surface area contributed by atoms with Gasteiger partial charge in [0.2, 0.25) is 5.91 Å². The SMILES string of the molecule is COC(=O)/C=C/c1cc(OC)c(OC)c(S(=O)(=O)Nc2cccc(NC(=O)CO)c2)c1. The number of anilines is 2. The Morgan fingerprint density at radius 3 is 2.39 bits per heavy atom. The first kappa shape index (κ1) is 23.7. The maximum atomic E-state index is 13.1. The molecule has 0 aliphatic rings. The standard InChI is InChI=1S/C20H22N2O8S/c1-28-16-9-13(7-8-19(25)29-2)10-17(20(16)30-3)31(26,27)22-15-6-4-5-14(11-15)21-18(24)12-23/h4-11,22-23H,12H2,1-3H3,(H,21,24)/b8-7+. The van der Waals surface area contributed by atoms with Crippen LogP contribution in [0.5, 0.6) is 11.5 Å². The molecule has 0 aliphatic heterocycles. The van der Waals surface area contributed by atoms with E-state index in [-0.39, 0.29) is 22.1 Å². The minimum absolute atomic E-state index is 0.0324. The number of carbonyl (C=O) groups excluding carboxylic acids is 2. The molecule has 10 nitrogen and oxygen atoms in total. The number of esters is 1. The molecular weight excluding hydrogens is 428 g/mol. The molecule has 0 unspecified atom stereocenters. The van der Waals surface area contributed by atoms with Crippen LogP contribution in [0.4, 0.5) is 11.4 Å². The predicted molar refractivity (Wildman–Crippen MR) is 114 cm³/mol. The number of ether oxygens (including phenoxy) is 3. The van der Waals surface area contributed by atoms with E-state index in [9.17, 15) is 18.0 Å². The number of nitrogens with one attached hydrogen (secondary N) is 2. The number of hydrogen-bond acceptors (Lipinski definition) is 8. The molecule has 0 bridgehead atoms. The third kappa shape index (κ3) is 6.20. The molecule has 2 rings (SSSR count). The van der Waals surface area contributed by atoms with Crippen molar-refractivity contribution in [2.75, 3.05) is 38.0 Å². The molecule has 0 heterocycles. The fourth-order valence-corrected chi connectivity index (χ4v) is 3.82. The number of aliphatic hydroxyl groups is 1. The lowest BCUT2D eigenvalue weighted by molar-refractivity contribution is -0.134. The van der Waals surface area contributed by atoms with Crippen molar-refractivity contribution < 1.29 is 37.3 Å². The zero-order valence-corrected chi connectivity index (χ0v) is 17.9. The van der Waals surface area contributed by atoms with Crippen molar-refractivity contribution in [2.24, 2.45) is 0 Å². The second-order valence-corrected chi connectivity index (χ2v) is 7.65. The van der Waals surface area contributed by atoms with Gasteiger partial charge in [-0.05, 0) is 42.0 Å². The van der Waals surface area contributed by atoms with Crippen molar-refractivity contribution in [1.29, 1.82) is 0 Å². The molecule has 0 spiro atoms. The van der Waals surface area contributed by atoms with E-state index in [1.165, 1.54) is 63.8 Å². The van der Waals surface area contributed by atoms with Gasteiger partial charge in [-0.25, -0.2) is 13.2 Å². The van der Waals surface area contributed by atoms with Gasteiger partial charge in [0.05, 0.1) is 27.0 Å². The van der Waals surface area contributed by atoms with Gasteiger partial charge in [0.1, 0.15) is 11.5 Å². The quantitative estimate of drug-likeness (QED) is 0.387. The molecule has 11 heteroatoms. The Morgan fingerprint density at radius 1 is 1.06 bits per heavy atom. The largest absolute Gasteiger partial charge is 0.493 e. The Kier molecular flexibility index (Phi) is 8.00. The number of amides is 1. The molecular formula is C20H22N2O8S. The summed E-state index contributed by atoms with van der Waals surface area (Å²) in [6.07, 6.45) is 2.51. The highest BCUT2D eigenvalue weighted by atomic mass is 32.2. The highest BCUT2D eigenvalue weighted by Crippen LogP contribution is 2.37. The summed E-state index contributed by atoms with van der Waals surface area (Å²) in [5.74, 6) is -1.15. The Morgan fingerprint density at radius 2 is 1.77 bits per heavy atom. The number of benzene rings is 2. The molecule has 0 atom stereocenters. The number of carbonyl (C=O) groups is 2. The number of sulfonamides is 1. The van der Waals surface area contributed by atoms with Gasteiger partial charge in [0.25, 0.3) is 10.0 Å². The molecule has 3 N–H and O–H groups in total. The summed E-state index contributed by atoms with van der Waals surface area (Å²) in [5, 5.41) is 11.3. The zero-order chi connectivity index (χ0) is 23.0. The van der Waals surface area contributed by atoms with E-state index in [1.54, 1.807) is 0 Å². The minimum atomic E-state index is -4.17. The first-order valence-corrected chi connectivity index (χ1v) is 10.3. The number of aliphatic hydroxyl groups excluding tert-OH is 1. The van der Waals surface area contributed by atoms with Crippen molar-refractivity contribution in [3.8, 4) is 11.5 Å². The first-order chi connectivity index (χ1) is 14.7. The number of methoxy groups -OCH3 is 3. The Bertz CT molecular complexity index is 1100. The zero-order valence-electron chi connectivity index (χ0n) is 17.0. The minimum Gasteiger partial charge on any atom is -0.493 e. The van der Waals surface area contributed by atoms with Crippen LogP contribution in [-0.4, -0.2) is 53.3 Å². The topological polar surface area (TPSA) is 140 Å². The van der Waals surface area contributed by atoms with E-state index in [1.807, 2.05) is 0 Å². The lowest BCUT2D eigenvalue weighted by Gasteiger charge is -2.16. The molecule has 2 aromatic carbocycles. The van der Waals surface area contributed by atoms with Crippen LogP contribution in [0.2, 0.25) is 0 Å². The average molecular weight is 450 g/mol. The van der Waals surface area contributed by atoms with E-state index in [4.69, 9.17) is 14.6 Å². The van der Waals surface area contributed by atoms with Crippen LogP contribution in [0.1, 0.15) is 5.56 Å². The summed E-state index contributed by atoms with van der Waals surface area (Å²) < 4.78 is 43.6. The van der Waals surface area contributed by atoms with Crippen LogP contribution in [0, 0.1) is 0 Å². The van der Waals surface area contributed by atoms with E-state index in [2.05, 4.69) is 14.8 Å². The maximum absolute atomic E-state index is 13.1. The van der Waals surface area contributed by atoms with Crippen molar-refractivity contribution in [3.05, 3.63) is 48.0 Å². The molecule has 166 valence electrons. The van der Waals surface area contributed by atoms with E-state index >= 15 is 0 Å². The third-order valence-corrected chi connectivity index (χ3v) is 5.30. The van der Waals surface area contributed by atoms with Crippen LogP contribution in [-0.2, 0) is 24.3 Å². The van der Waals surface area contributed by atoms with Crippen molar-refractivity contribution >= 4 is 39.4 Å². The van der Waals surface area contributed by atoms with Gasteiger partial charge in [0, 0.05) is 11.8 Å². The van der Waals surface area contributed by atoms with Gasteiger partial charge in [-0.1, -0.05) is 6.07 Å². The molecule has 0 saturated carbocycles. The number of rotatable bonds is 9. The van der Waals surface area contributed by atoms with Crippen LogP contribution in [0.25, 0.3) is 6.08 Å². The van der Waals surface area contributed by atoms with E-state index in [0.717, 1.165) is 6.08 Å². The van der Waals surface area contributed by atoms with E-state index in [0.29, 0.717) is 11.3 Å². The molecule has 31 heavy (non-hydrogen) atoms. The molecule has 0 aliphatic carbocycles. The summed E-state index contributed by atoms with van der Waals surface area (Å²) >= 11 is 0. The number of hydrogen-bond donors (Lipinski definition) is 3. The van der Waals surface area contributed by atoms with Gasteiger partial charge in [-0.15, -0.1) is 0 Å². The molecule has 1 amide bonds. The van der Waals surface area contributed by atoms with Crippen molar-refractivity contribution in [1.82, 2.24) is 0 Å². The molecule has 2 aromatic rings. The van der Waals surface area contributed by atoms with Crippen molar-refractivity contribution in [3.63, 3.8) is 0 Å². The fourth-order valence-electron chi connectivity index (χ4n) is 2.55. The first-order valence-electron chi connectivity index (χ1n) is 8.79. The second-order valence-electron chi connectivity index (χ2n) is 6.00. The monoisotopic (exact) mass is 450 g/mol. The van der Waals surface area contributed by atoms with Crippen LogP contribution in [0.15, 0.2) is 47.4 Å². The summed E-state index contributed by atoms with van der Waals surface area (Å²) in [4.78, 5) is 22.5. The maximum Gasteiger partial charge on any atom is 0.330 e. The van der Waals surface area contributed by atoms with Gasteiger partial charge < -0.3 is 24.6 Å². The summed E-state index contributed by atoms with van der Waals surface area (Å²) in [5.41, 5.74) is 0.804. The highest BCUT2D eigenvalue weighted by Gasteiger charge is 2.24. The second kappa shape index (κ2) is 10.5.